The van der Waals surface area contributed by atoms with Gasteiger partial charge >= 0.3 is 18.3 Å². The van der Waals surface area contributed by atoms with Gasteiger partial charge in [-0.15, -0.1) is 5.10 Å². The zero-order valence-electron chi connectivity index (χ0n) is 19.2. The second-order valence-corrected chi connectivity index (χ2v) is 8.00. The summed E-state index contributed by atoms with van der Waals surface area (Å²) >= 11 is 0. The minimum absolute atomic E-state index is 0.0893. The minimum Gasteiger partial charge on any atom is -0.475 e. The number of nitrogens with one attached hydrogen (secondary N) is 3. The van der Waals surface area contributed by atoms with Gasteiger partial charge in [0.2, 0.25) is 5.95 Å². The van der Waals surface area contributed by atoms with Crippen molar-refractivity contribution in [2.75, 3.05) is 23.7 Å². The first-order chi connectivity index (χ1) is 17.3. The maximum atomic E-state index is 13.1. The first kappa shape index (κ1) is 27.7. The summed E-state index contributed by atoms with van der Waals surface area (Å²) in [7, 11) is 1.35. The van der Waals surface area contributed by atoms with Crippen LogP contribution in [0, 0.1) is 0 Å². The average molecular weight is 536 g/mol. The van der Waals surface area contributed by atoms with Crippen molar-refractivity contribution in [1.29, 1.82) is 0 Å². The fourth-order valence-corrected chi connectivity index (χ4v) is 3.44. The molecule has 1 aliphatic rings. The van der Waals surface area contributed by atoms with Crippen molar-refractivity contribution in [3.63, 3.8) is 0 Å². The quantitative estimate of drug-likeness (QED) is 0.374. The average Bonchev–Trinajstić information content (AvgIpc) is 3.28. The topological polar surface area (TPSA) is 138 Å². The van der Waals surface area contributed by atoms with E-state index in [1.807, 2.05) is 0 Å². The molecule has 37 heavy (non-hydrogen) atoms. The van der Waals surface area contributed by atoms with Crippen molar-refractivity contribution in [2.24, 2.45) is 7.05 Å². The summed E-state index contributed by atoms with van der Waals surface area (Å²) in [5.41, 5.74) is -0.933. The van der Waals surface area contributed by atoms with Gasteiger partial charge in [0.25, 0.3) is 5.91 Å². The number of alkyl halides is 6. The summed E-state index contributed by atoms with van der Waals surface area (Å²) in [5.74, 6) is -3.14. The van der Waals surface area contributed by atoms with Gasteiger partial charge in [-0.1, -0.05) is 6.42 Å². The van der Waals surface area contributed by atoms with E-state index in [9.17, 15) is 31.1 Å². The largest absolute Gasteiger partial charge is 0.490 e. The Balaban J connectivity index is 0.000000479. The molecule has 1 unspecified atom stereocenters. The molecule has 4 N–H and O–H groups in total. The summed E-state index contributed by atoms with van der Waals surface area (Å²) in [5, 5.41) is 23.8. The number of halogens is 6. The van der Waals surface area contributed by atoms with E-state index in [1.165, 1.54) is 17.6 Å². The summed E-state index contributed by atoms with van der Waals surface area (Å²) in [6.07, 6.45) is -3.95. The van der Waals surface area contributed by atoms with E-state index < -0.39 is 35.6 Å². The summed E-state index contributed by atoms with van der Waals surface area (Å²) in [4.78, 5) is 25.9. The molecule has 0 bridgehead atoms. The highest BCUT2D eigenvalue weighted by Gasteiger charge is 2.38. The van der Waals surface area contributed by atoms with Crippen molar-refractivity contribution < 1.29 is 41.0 Å². The number of carbonyl (C=O) groups is 2. The molecule has 4 heterocycles. The number of aryl methyl sites for hydroxylation is 1. The smallest absolute Gasteiger partial charge is 0.475 e. The van der Waals surface area contributed by atoms with Crippen molar-refractivity contribution in [2.45, 2.75) is 37.7 Å². The lowest BCUT2D eigenvalue weighted by Gasteiger charge is -2.16. The van der Waals surface area contributed by atoms with E-state index >= 15 is 0 Å². The second-order valence-electron chi connectivity index (χ2n) is 8.00. The normalized spacial score (nSPS) is 16.5. The van der Waals surface area contributed by atoms with Gasteiger partial charge in [-0.3, -0.25) is 9.48 Å². The molecule has 11 nitrogen and oxygen atoms in total. The Hall–Kier alpha value is -3.89. The molecule has 17 heteroatoms. The number of carboxylic acids is 1. The Kier molecular flexibility index (Phi) is 8.25. The first-order valence-electron chi connectivity index (χ1n) is 10.8. The van der Waals surface area contributed by atoms with E-state index in [1.54, 1.807) is 12.3 Å². The van der Waals surface area contributed by atoms with E-state index in [2.05, 4.69) is 31.1 Å². The molecule has 1 aliphatic heterocycles. The molecule has 1 fully saturated rings. The Morgan fingerprint density at radius 2 is 1.84 bits per heavy atom. The number of aliphatic carboxylic acids is 1. The fraction of sp³-hybridized carbons (Fsp3) is 0.450. The van der Waals surface area contributed by atoms with Crippen LogP contribution in [0.25, 0.3) is 5.52 Å². The molecular formula is C20H22F6N8O3. The SMILES string of the molecule is Cn1cc(NC(=O)c2ccc3cnc(NC4CCCCNC4)nn23)c(C(F)(F)F)n1.O=C(O)C(F)(F)F. The van der Waals surface area contributed by atoms with Crippen molar-refractivity contribution >= 4 is 29.0 Å². The standard InChI is InChI=1S/C18H21F3N8O.C2HF3O2/c1-28-10-13(15(26-28)18(19,20)21)25-16(30)14-6-5-12-9-23-17(27-29(12)14)24-11-4-2-3-7-22-8-11;3-2(4,5)1(6)7/h5-6,9-11,22H,2-4,7-8H2,1H3,(H,24,27)(H,25,30);(H,6,7). The number of hydrogen-bond acceptors (Lipinski definition) is 7. The third kappa shape index (κ3) is 7.31. The lowest BCUT2D eigenvalue weighted by atomic mass is 10.1. The van der Waals surface area contributed by atoms with E-state index in [4.69, 9.17) is 9.90 Å². The van der Waals surface area contributed by atoms with Gasteiger partial charge in [-0.05, 0) is 31.5 Å². The third-order valence-corrected chi connectivity index (χ3v) is 5.10. The molecule has 0 aliphatic carbocycles. The van der Waals surface area contributed by atoms with Crippen LogP contribution in [-0.4, -0.2) is 66.7 Å². The van der Waals surface area contributed by atoms with Crippen molar-refractivity contribution in [3.8, 4) is 0 Å². The maximum absolute atomic E-state index is 13.1. The van der Waals surface area contributed by atoms with Gasteiger partial charge in [0.1, 0.15) is 5.69 Å². The number of fused-ring (bicyclic) bond motifs is 1. The van der Waals surface area contributed by atoms with Crippen molar-refractivity contribution in [1.82, 2.24) is 29.7 Å². The molecule has 0 spiro atoms. The molecule has 4 rings (SSSR count). The number of nitrogens with zero attached hydrogens (tertiary/aromatic N) is 5. The zero-order chi connectivity index (χ0) is 27.4. The van der Waals surface area contributed by atoms with Crippen molar-refractivity contribution in [3.05, 3.63) is 35.9 Å². The molecule has 0 radical (unpaired) electrons. The first-order valence-corrected chi connectivity index (χ1v) is 10.8. The van der Waals surface area contributed by atoms with Crippen LogP contribution in [-0.2, 0) is 18.0 Å². The van der Waals surface area contributed by atoms with Crippen LogP contribution >= 0.6 is 0 Å². The van der Waals surface area contributed by atoms with Crippen LogP contribution in [0.2, 0.25) is 0 Å². The highest BCUT2D eigenvalue weighted by atomic mass is 19.4. The maximum Gasteiger partial charge on any atom is 0.490 e. The van der Waals surface area contributed by atoms with E-state index in [0.717, 1.165) is 43.2 Å². The Bertz CT molecular complexity index is 1250. The summed E-state index contributed by atoms with van der Waals surface area (Å²) in [6, 6.07) is 3.27. The molecular weight excluding hydrogens is 514 g/mol. The van der Waals surface area contributed by atoms with Crippen LogP contribution in [0.3, 0.4) is 0 Å². The highest BCUT2D eigenvalue weighted by Crippen LogP contribution is 2.33. The number of anilines is 2. The van der Waals surface area contributed by atoms with E-state index in [-0.39, 0.29) is 11.7 Å². The number of hydrogen-bond donors (Lipinski definition) is 4. The number of aromatic nitrogens is 5. The van der Waals surface area contributed by atoms with Gasteiger partial charge in [0.15, 0.2) is 5.69 Å². The number of rotatable bonds is 4. The third-order valence-electron chi connectivity index (χ3n) is 5.10. The van der Waals surface area contributed by atoms with Crippen LogP contribution in [0.4, 0.5) is 38.0 Å². The lowest BCUT2D eigenvalue weighted by Crippen LogP contribution is -2.31. The Labute approximate surface area is 204 Å². The Morgan fingerprint density at radius 3 is 2.49 bits per heavy atom. The predicted molar refractivity (Wildman–Crippen MR) is 117 cm³/mol. The fourth-order valence-electron chi connectivity index (χ4n) is 3.44. The molecule has 0 saturated carbocycles. The van der Waals surface area contributed by atoms with Crippen LogP contribution in [0.15, 0.2) is 24.5 Å². The summed E-state index contributed by atoms with van der Waals surface area (Å²) in [6.45, 7) is 1.75. The zero-order valence-corrected chi connectivity index (χ0v) is 19.2. The predicted octanol–water partition coefficient (Wildman–Crippen LogP) is 2.92. The van der Waals surface area contributed by atoms with Gasteiger partial charge < -0.3 is 21.1 Å². The monoisotopic (exact) mass is 536 g/mol. The van der Waals surface area contributed by atoms with Crippen LogP contribution in [0.5, 0.6) is 0 Å². The van der Waals surface area contributed by atoms with Gasteiger partial charge in [-0.2, -0.15) is 31.4 Å². The molecule has 1 amide bonds. The molecule has 202 valence electrons. The molecule has 1 saturated heterocycles. The number of amides is 1. The molecule has 0 aromatic carbocycles. The Morgan fingerprint density at radius 1 is 1.14 bits per heavy atom. The van der Waals surface area contributed by atoms with E-state index in [0.29, 0.717) is 11.5 Å². The second kappa shape index (κ2) is 11.0. The lowest BCUT2D eigenvalue weighted by molar-refractivity contribution is -0.192. The van der Waals surface area contributed by atoms with Crippen LogP contribution in [0.1, 0.15) is 35.4 Å². The molecule has 3 aromatic heterocycles. The highest BCUT2D eigenvalue weighted by molar-refractivity contribution is 6.04. The molecule has 3 aromatic rings. The van der Waals surface area contributed by atoms with Gasteiger partial charge in [0.05, 0.1) is 17.4 Å². The molecule has 1 atom stereocenters. The summed E-state index contributed by atoms with van der Waals surface area (Å²) < 4.78 is 73.5. The number of carbonyl (C=O) groups excluding carboxylic acids is 1. The minimum atomic E-state index is -5.08. The van der Waals surface area contributed by atoms with Crippen LogP contribution < -0.4 is 16.0 Å². The van der Waals surface area contributed by atoms with Gasteiger partial charge in [0, 0.05) is 25.8 Å². The number of carboxylic acid groups (broad SMARTS) is 1. The van der Waals surface area contributed by atoms with Gasteiger partial charge in [-0.25, -0.2) is 14.3 Å².